The van der Waals surface area contributed by atoms with Gasteiger partial charge in [0.25, 0.3) is 0 Å². The fourth-order valence-corrected chi connectivity index (χ4v) is 3.72. The normalized spacial score (nSPS) is 11.0. The second kappa shape index (κ2) is 7.04. The van der Waals surface area contributed by atoms with Crippen LogP contribution < -0.4 is 0 Å². The van der Waals surface area contributed by atoms with Crippen molar-refractivity contribution in [2.45, 2.75) is 12.8 Å². The summed E-state index contributed by atoms with van der Waals surface area (Å²) in [6.07, 6.45) is 0.835. The van der Waals surface area contributed by atoms with Crippen molar-refractivity contribution in [2.75, 3.05) is 0 Å². The number of aromatic nitrogens is 1. The quantitative estimate of drug-likeness (QED) is 0.471. The minimum Gasteiger partial charge on any atom is -0.298 e. The molecule has 0 amide bonds. The van der Waals surface area contributed by atoms with E-state index in [9.17, 15) is 9.59 Å². The molecule has 27 heavy (non-hydrogen) atoms. The molecule has 0 aliphatic carbocycles. The second-order valence-corrected chi connectivity index (χ2v) is 6.56. The van der Waals surface area contributed by atoms with Crippen LogP contribution in [-0.4, -0.2) is 16.8 Å². The monoisotopic (exact) mass is 353 g/mol. The summed E-state index contributed by atoms with van der Waals surface area (Å²) in [4.78, 5) is 25.4. The zero-order valence-corrected chi connectivity index (χ0v) is 15.0. The minimum absolute atomic E-state index is 0.0609. The molecule has 3 nitrogen and oxygen atoms in total. The summed E-state index contributed by atoms with van der Waals surface area (Å²) in [6.45, 7) is 1.83. The molecule has 0 spiro atoms. The Hall–Kier alpha value is -3.46. The SMILES string of the molecule is Cc1c(C=O)c2ccccc2n1C(=O)C(c1ccccc1)c1ccccc1. The average Bonchev–Trinajstić information content (AvgIpc) is 3.00. The topological polar surface area (TPSA) is 39.1 Å². The van der Waals surface area contributed by atoms with Gasteiger partial charge in [0.15, 0.2) is 6.29 Å². The van der Waals surface area contributed by atoms with E-state index in [1.807, 2.05) is 91.9 Å². The van der Waals surface area contributed by atoms with E-state index in [1.54, 1.807) is 4.57 Å². The van der Waals surface area contributed by atoms with Crippen LogP contribution in [0.3, 0.4) is 0 Å². The second-order valence-electron chi connectivity index (χ2n) is 6.56. The summed E-state index contributed by atoms with van der Waals surface area (Å²) < 4.78 is 1.68. The number of hydrogen-bond acceptors (Lipinski definition) is 2. The van der Waals surface area contributed by atoms with Crippen molar-refractivity contribution in [1.82, 2.24) is 4.57 Å². The Morgan fingerprint density at radius 1 is 0.815 bits per heavy atom. The summed E-state index contributed by atoms with van der Waals surface area (Å²) in [5.74, 6) is -0.504. The average molecular weight is 353 g/mol. The van der Waals surface area contributed by atoms with Gasteiger partial charge >= 0.3 is 0 Å². The molecule has 0 saturated carbocycles. The van der Waals surface area contributed by atoms with Crippen LogP contribution in [0.5, 0.6) is 0 Å². The Bertz CT molecular complexity index is 1070. The van der Waals surface area contributed by atoms with Gasteiger partial charge in [-0.05, 0) is 24.1 Å². The lowest BCUT2D eigenvalue weighted by Gasteiger charge is -2.19. The first-order valence-electron chi connectivity index (χ1n) is 8.91. The summed E-state index contributed by atoms with van der Waals surface area (Å²) in [6, 6.07) is 27.1. The molecule has 3 heteroatoms. The molecule has 0 N–H and O–H groups in total. The van der Waals surface area contributed by atoms with Crippen molar-refractivity contribution < 1.29 is 9.59 Å². The number of carbonyl (C=O) groups excluding carboxylic acids is 2. The van der Waals surface area contributed by atoms with Crippen LogP contribution in [0, 0.1) is 6.92 Å². The fraction of sp³-hybridized carbons (Fsp3) is 0.0833. The number of carbonyl (C=O) groups is 2. The highest BCUT2D eigenvalue weighted by Crippen LogP contribution is 2.31. The van der Waals surface area contributed by atoms with Crippen molar-refractivity contribution in [3.8, 4) is 0 Å². The van der Waals surface area contributed by atoms with E-state index >= 15 is 0 Å². The van der Waals surface area contributed by atoms with E-state index in [4.69, 9.17) is 0 Å². The number of aldehydes is 1. The summed E-state index contributed by atoms with van der Waals surface area (Å²) in [5, 5.41) is 0.804. The van der Waals surface area contributed by atoms with Crippen molar-refractivity contribution in [2.24, 2.45) is 0 Å². The Balaban J connectivity index is 1.95. The lowest BCUT2D eigenvalue weighted by atomic mass is 9.90. The van der Waals surface area contributed by atoms with E-state index in [1.165, 1.54) is 0 Å². The van der Waals surface area contributed by atoms with Crippen LogP contribution >= 0.6 is 0 Å². The lowest BCUT2D eigenvalue weighted by Crippen LogP contribution is -2.22. The molecule has 0 bridgehead atoms. The van der Waals surface area contributed by atoms with Crippen LogP contribution in [0.1, 0.15) is 37.9 Å². The van der Waals surface area contributed by atoms with Crippen LogP contribution in [-0.2, 0) is 0 Å². The molecule has 4 rings (SSSR count). The zero-order chi connectivity index (χ0) is 18.8. The Morgan fingerprint density at radius 2 is 1.33 bits per heavy atom. The number of fused-ring (bicyclic) bond motifs is 1. The zero-order valence-electron chi connectivity index (χ0n) is 15.0. The van der Waals surface area contributed by atoms with Gasteiger partial charge < -0.3 is 0 Å². The van der Waals surface area contributed by atoms with Crippen LogP contribution in [0.15, 0.2) is 84.9 Å². The molecule has 0 unspecified atom stereocenters. The number of nitrogens with zero attached hydrogens (tertiary/aromatic N) is 1. The molecule has 0 aliphatic heterocycles. The molecule has 0 saturated heterocycles. The summed E-state index contributed by atoms with van der Waals surface area (Å²) in [7, 11) is 0. The van der Waals surface area contributed by atoms with Gasteiger partial charge in [-0.2, -0.15) is 0 Å². The lowest BCUT2D eigenvalue weighted by molar-refractivity contribution is 0.0896. The van der Waals surface area contributed by atoms with E-state index in [2.05, 4.69) is 0 Å². The number of rotatable bonds is 4. The molecule has 4 aromatic rings. The smallest absolute Gasteiger partial charge is 0.243 e. The number of benzene rings is 3. The summed E-state index contributed by atoms with van der Waals surface area (Å²) >= 11 is 0. The molecule has 1 aromatic heterocycles. The number of hydrogen-bond donors (Lipinski definition) is 0. The Labute approximate surface area is 157 Å². The van der Waals surface area contributed by atoms with Gasteiger partial charge in [-0.3, -0.25) is 14.2 Å². The van der Waals surface area contributed by atoms with Crippen LogP contribution in [0.2, 0.25) is 0 Å². The highest BCUT2D eigenvalue weighted by atomic mass is 16.2. The third kappa shape index (κ3) is 2.87. The van der Waals surface area contributed by atoms with Gasteiger partial charge in [-0.1, -0.05) is 78.9 Å². The largest absolute Gasteiger partial charge is 0.298 e. The Kier molecular flexibility index (Phi) is 4.43. The molecule has 1 heterocycles. The Morgan fingerprint density at radius 3 is 1.89 bits per heavy atom. The van der Waals surface area contributed by atoms with E-state index < -0.39 is 5.92 Å². The maximum Gasteiger partial charge on any atom is 0.243 e. The highest BCUT2D eigenvalue weighted by molar-refractivity contribution is 6.06. The molecule has 0 radical (unpaired) electrons. The van der Waals surface area contributed by atoms with E-state index in [0.29, 0.717) is 11.3 Å². The molecule has 132 valence electrons. The highest BCUT2D eigenvalue weighted by Gasteiger charge is 2.27. The van der Waals surface area contributed by atoms with E-state index in [0.717, 1.165) is 28.3 Å². The number of para-hydroxylation sites is 1. The van der Waals surface area contributed by atoms with Crippen LogP contribution in [0.4, 0.5) is 0 Å². The molecule has 0 aliphatic rings. The first kappa shape index (κ1) is 17.0. The van der Waals surface area contributed by atoms with Crippen molar-refractivity contribution in [3.63, 3.8) is 0 Å². The van der Waals surface area contributed by atoms with Crippen molar-refractivity contribution in [3.05, 3.63) is 107 Å². The third-order valence-corrected chi connectivity index (χ3v) is 5.01. The van der Waals surface area contributed by atoms with Gasteiger partial charge in [0.1, 0.15) is 0 Å². The standard InChI is InChI=1S/C24H19NO2/c1-17-21(16-26)20-14-8-9-15-22(20)25(17)24(27)23(18-10-4-2-5-11-18)19-12-6-3-7-13-19/h2-16,23H,1H3. The predicted molar refractivity (Wildman–Crippen MR) is 107 cm³/mol. The molecular weight excluding hydrogens is 334 g/mol. The van der Waals surface area contributed by atoms with Gasteiger partial charge in [0.2, 0.25) is 5.91 Å². The molecule has 0 fully saturated rings. The van der Waals surface area contributed by atoms with Gasteiger partial charge in [0, 0.05) is 16.6 Å². The van der Waals surface area contributed by atoms with Gasteiger partial charge in [-0.15, -0.1) is 0 Å². The van der Waals surface area contributed by atoms with Gasteiger partial charge in [-0.25, -0.2) is 0 Å². The first-order valence-corrected chi connectivity index (χ1v) is 8.91. The predicted octanol–water partition coefficient (Wildman–Crippen LogP) is 5.23. The van der Waals surface area contributed by atoms with Crippen LogP contribution in [0.25, 0.3) is 10.9 Å². The van der Waals surface area contributed by atoms with Crippen molar-refractivity contribution in [1.29, 1.82) is 0 Å². The maximum atomic E-state index is 13.8. The van der Waals surface area contributed by atoms with Gasteiger partial charge in [0.05, 0.1) is 11.4 Å². The van der Waals surface area contributed by atoms with E-state index in [-0.39, 0.29) is 5.91 Å². The summed E-state index contributed by atoms with van der Waals surface area (Å²) in [5.41, 5.74) is 3.86. The first-order chi connectivity index (χ1) is 13.2. The maximum absolute atomic E-state index is 13.8. The fourth-order valence-electron chi connectivity index (χ4n) is 3.72. The minimum atomic E-state index is -0.443. The van der Waals surface area contributed by atoms with Crippen molar-refractivity contribution >= 4 is 23.1 Å². The molecule has 0 atom stereocenters. The molecule has 3 aromatic carbocycles. The third-order valence-electron chi connectivity index (χ3n) is 5.01. The molecular formula is C24H19NO2.